The summed E-state index contributed by atoms with van der Waals surface area (Å²) in [5.41, 5.74) is 0.682. The molecule has 0 radical (unpaired) electrons. The number of nitrogens with zero attached hydrogens (tertiary/aromatic N) is 2. The summed E-state index contributed by atoms with van der Waals surface area (Å²) in [4.78, 5) is 17.6. The molecule has 0 aliphatic carbocycles. The maximum absolute atomic E-state index is 13.9. The molecule has 1 aliphatic rings. The number of halogens is 1. The zero-order valence-electron chi connectivity index (χ0n) is 15.4. The first kappa shape index (κ1) is 19.7. The third-order valence-electron chi connectivity index (χ3n) is 4.66. The summed E-state index contributed by atoms with van der Waals surface area (Å²) in [6.07, 6.45) is 0.528. The third-order valence-corrected chi connectivity index (χ3v) is 5.67. The molecule has 1 N–H and O–H groups in total. The molecule has 0 saturated carbocycles. The molecule has 1 aliphatic heterocycles. The minimum atomic E-state index is -0.161. The molecule has 1 amide bonds. The Morgan fingerprint density at radius 2 is 1.70 bits per heavy atom. The average molecular weight is 388 g/mol. The molecule has 27 heavy (non-hydrogen) atoms. The van der Waals surface area contributed by atoms with E-state index in [0.717, 1.165) is 38.5 Å². The van der Waals surface area contributed by atoms with E-state index in [1.165, 1.54) is 11.0 Å². The first-order valence-corrected chi connectivity index (χ1v) is 10.4. The van der Waals surface area contributed by atoms with Gasteiger partial charge in [-0.2, -0.15) is 0 Å². The van der Waals surface area contributed by atoms with E-state index in [1.807, 2.05) is 30.3 Å². The molecule has 0 aromatic heterocycles. The van der Waals surface area contributed by atoms with Crippen molar-refractivity contribution in [2.75, 3.05) is 49.9 Å². The third kappa shape index (κ3) is 6.26. The monoisotopic (exact) mass is 387 g/mol. The summed E-state index contributed by atoms with van der Waals surface area (Å²) >= 11 is 1.70. The van der Waals surface area contributed by atoms with Crippen molar-refractivity contribution < 1.29 is 9.18 Å². The second-order valence-electron chi connectivity index (χ2n) is 6.54. The van der Waals surface area contributed by atoms with Crippen molar-refractivity contribution in [3.05, 3.63) is 60.4 Å². The number of hydrogen-bond donors (Lipinski definition) is 1. The Morgan fingerprint density at radius 3 is 2.44 bits per heavy atom. The molecule has 4 nitrogen and oxygen atoms in total. The van der Waals surface area contributed by atoms with Crippen LogP contribution < -0.4 is 10.2 Å². The van der Waals surface area contributed by atoms with Gasteiger partial charge in [0.25, 0.3) is 0 Å². The number of carbonyl (C=O) groups excluding carboxylic acids is 1. The fourth-order valence-electron chi connectivity index (χ4n) is 3.14. The van der Waals surface area contributed by atoms with Gasteiger partial charge in [-0.15, -0.1) is 11.8 Å². The molecule has 6 heteroatoms. The summed E-state index contributed by atoms with van der Waals surface area (Å²) in [7, 11) is 0. The van der Waals surface area contributed by atoms with Crippen LogP contribution >= 0.6 is 11.8 Å². The van der Waals surface area contributed by atoms with E-state index in [9.17, 15) is 9.18 Å². The minimum Gasteiger partial charge on any atom is -0.367 e. The van der Waals surface area contributed by atoms with E-state index in [1.54, 1.807) is 17.8 Å². The topological polar surface area (TPSA) is 35.6 Å². The highest BCUT2D eigenvalue weighted by Crippen LogP contribution is 2.20. The van der Waals surface area contributed by atoms with Gasteiger partial charge in [0.15, 0.2) is 0 Å². The van der Waals surface area contributed by atoms with Gasteiger partial charge >= 0.3 is 0 Å². The molecule has 1 saturated heterocycles. The summed E-state index contributed by atoms with van der Waals surface area (Å²) in [5, 5.41) is 3.00. The van der Waals surface area contributed by atoms with E-state index in [4.69, 9.17) is 0 Å². The van der Waals surface area contributed by atoms with Crippen LogP contribution in [0.2, 0.25) is 0 Å². The molecule has 0 bridgehead atoms. The lowest BCUT2D eigenvalue weighted by molar-refractivity contribution is -0.120. The number of benzene rings is 2. The largest absolute Gasteiger partial charge is 0.367 e. The summed E-state index contributed by atoms with van der Waals surface area (Å²) in [6.45, 7) is 4.88. The Bertz CT molecular complexity index is 720. The number of anilines is 1. The first-order chi connectivity index (χ1) is 13.2. The van der Waals surface area contributed by atoms with Crippen molar-refractivity contribution in [1.29, 1.82) is 0 Å². The van der Waals surface area contributed by atoms with E-state index in [0.29, 0.717) is 18.7 Å². The van der Waals surface area contributed by atoms with E-state index in [2.05, 4.69) is 27.2 Å². The number of piperazine rings is 1. The molecule has 1 fully saturated rings. The van der Waals surface area contributed by atoms with Gasteiger partial charge in [0.1, 0.15) is 5.82 Å². The molecule has 1 heterocycles. The van der Waals surface area contributed by atoms with Crippen molar-refractivity contribution in [3.8, 4) is 0 Å². The lowest BCUT2D eigenvalue weighted by atomic mass is 10.2. The minimum absolute atomic E-state index is 0.100. The van der Waals surface area contributed by atoms with Crippen LogP contribution in [0.25, 0.3) is 0 Å². The summed E-state index contributed by atoms with van der Waals surface area (Å²) in [5.74, 6) is 0.729. The molecule has 0 spiro atoms. The van der Waals surface area contributed by atoms with Gasteiger partial charge in [-0.1, -0.05) is 30.3 Å². The molecular formula is C21H26FN3OS. The highest BCUT2D eigenvalue weighted by atomic mass is 32.2. The summed E-state index contributed by atoms with van der Waals surface area (Å²) in [6, 6.07) is 17.1. The molecule has 2 aromatic rings. The highest BCUT2D eigenvalue weighted by molar-refractivity contribution is 7.99. The highest BCUT2D eigenvalue weighted by Gasteiger charge is 2.18. The van der Waals surface area contributed by atoms with Crippen LogP contribution in [0.5, 0.6) is 0 Å². The second-order valence-corrected chi connectivity index (χ2v) is 7.71. The fraction of sp³-hybridized carbons (Fsp3) is 0.381. The van der Waals surface area contributed by atoms with Crippen LogP contribution in [0.1, 0.15) is 6.42 Å². The lowest BCUT2D eigenvalue weighted by Crippen LogP contribution is -2.48. The molecular weight excluding hydrogens is 361 g/mol. The van der Waals surface area contributed by atoms with Gasteiger partial charge in [-0.25, -0.2) is 4.39 Å². The second kappa shape index (κ2) is 10.3. The van der Waals surface area contributed by atoms with E-state index in [-0.39, 0.29) is 11.7 Å². The van der Waals surface area contributed by atoms with Gasteiger partial charge in [0.2, 0.25) is 5.91 Å². The number of amides is 1. The Kier molecular flexibility index (Phi) is 7.54. The van der Waals surface area contributed by atoms with Crippen molar-refractivity contribution in [2.45, 2.75) is 11.3 Å². The van der Waals surface area contributed by atoms with E-state index >= 15 is 0 Å². The normalized spacial score (nSPS) is 14.9. The Morgan fingerprint density at radius 1 is 1.00 bits per heavy atom. The van der Waals surface area contributed by atoms with Crippen LogP contribution in [-0.4, -0.2) is 55.8 Å². The maximum atomic E-state index is 13.9. The number of thioether (sulfide) groups is 1. The summed E-state index contributed by atoms with van der Waals surface area (Å²) < 4.78 is 13.9. The van der Waals surface area contributed by atoms with Gasteiger partial charge < -0.3 is 10.2 Å². The SMILES string of the molecule is O=C(CCSc1ccccc1)NCCN1CCN(c2ccccc2F)CC1. The molecule has 144 valence electrons. The van der Waals surface area contributed by atoms with Crippen molar-refractivity contribution >= 4 is 23.4 Å². The smallest absolute Gasteiger partial charge is 0.220 e. The molecule has 3 rings (SSSR count). The first-order valence-electron chi connectivity index (χ1n) is 9.39. The lowest BCUT2D eigenvalue weighted by Gasteiger charge is -2.36. The van der Waals surface area contributed by atoms with Crippen LogP contribution in [0.3, 0.4) is 0 Å². The Hall–Kier alpha value is -2.05. The van der Waals surface area contributed by atoms with Gasteiger partial charge in [0.05, 0.1) is 5.69 Å². The zero-order valence-corrected chi connectivity index (χ0v) is 16.3. The maximum Gasteiger partial charge on any atom is 0.220 e. The van der Waals surface area contributed by atoms with Gasteiger partial charge in [0, 0.05) is 56.3 Å². The van der Waals surface area contributed by atoms with E-state index < -0.39 is 0 Å². The number of hydrogen-bond acceptors (Lipinski definition) is 4. The number of nitrogens with one attached hydrogen (secondary N) is 1. The van der Waals surface area contributed by atoms with Crippen LogP contribution in [0.15, 0.2) is 59.5 Å². The zero-order chi connectivity index (χ0) is 18.9. The fourth-order valence-corrected chi connectivity index (χ4v) is 4.01. The molecule has 0 unspecified atom stereocenters. The van der Waals surface area contributed by atoms with Crippen LogP contribution in [-0.2, 0) is 4.79 Å². The molecule has 0 atom stereocenters. The number of rotatable bonds is 8. The Labute approximate surface area is 164 Å². The Balaban J connectivity index is 1.29. The van der Waals surface area contributed by atoms with Crippen LogP contribution in [0.4, 0.5) is 10.1 Å². The number of para-hydroxylation sites is 1. The van der Waals surface area contributed by atoms with Crippen molar-refractivity contribution in [2.24, 2.45) is 0 Å². The standard InChI is InChI=1S/C21H26FN3OS/c22-19-8-4-5-9-20(19)25-15-13-24(14-16-25)12-11-23-21(26)10-17-27-18-6-2-1-3-7-18/h1-9H,10-17H2,(H,23,26). The van der Waals surface area contributed by atoms with Gasteiger partial charge in [-0.05, 0) is 24.3 Å². The van der Waals surface area contributed by atoms with Crippen LogP contribution in [0, 0.1) is 5.82 Å². The quantitative estimate of drug-likeness (QED) is 0.706. The number of carbonyl (C=O) groups is 1. The van der Waals surface area contributed by atoms with Gasteiger partial charge in [-0.3, -0.25) is 9.69 Å². The van der Waals surface area contributed by atoms with Crippen molar-refractivity contribution in [1.82, 2.24) is 10.2 Å². The average Bonchev–Trinajstić information content (AvgIpc) is 2.70. The predicted octanol–water partition coefficient (Wildman–Crippen LogP) is 3.25. The van der Waals surface area contributed by atoms with Crippen molar-refractivity contribution in [3.63, 3.8) is 0 Å². The predicted molar refractivity (Wildman–Crippen MR) is 110 cm³/mol. The molecule has 2 aromatic carbocycles.